The number of nitrogens with two attached hydrogens (primary N) is 1. The van der Waals surface area contributed by atoms with Gasteiger partial charge in [0.05, 0.1) is 0 Å². The Morgan fingerprint density at radius 3 is 2.17 bits per heavy atom. The van der Waals surface area contributed by atoms with Gasteiger partial charge in [0.15, 0.2) is 0 Å². The van der Waals surface area contributed by atoms with Crippen LogP contribution in [0.5, 0.6) is 0 Å². The van der Waals surface area contributed by atoms with Gasteiger partial charge in [0.1, 0.15) is 0 Å². The molecule has 0 aliphatic carbocycles. The zero-order valence-electron chi connectivity index (χ0n) is 12.7. The first kappa shape index (κ1) is 14.9. The Balaban J connectivity index is 1.79. The van der Waals surface area contributed by atoms with Crippen LogP contribution in [0.2, 0.25) is 0 Å². The molecule has 3 aromatic carbocycles. The van der Waals surface area contributed by atoms with Crippen LogP contribution in [0.3, 0.4) is 0 Å². The molecule has 1 amide bonds. The lowest BCUT2D eigenvalue weighted by Gasteiger charge is -2.10. The first-order valence-corrected chi connectivity index (χ1v) is 7.50. The summed E-state index contributed by atoms with van der Waals surface area (Å²) in [6, 6.07) is 25.0. The fourth-order valence-corrected chi connectivity index (χ4v) is 2.52. The molecule has 0 bridgehead atoms. The predicted octanol–water partition coefficient (Wildman–Crippen LogP) is 4.11. The summed E-state index contributed by atoms with van der Waals surface area (Å²) in [6.45, 7) is 0. The highest BCUT2D eigenvalue weighted by Crippen LogP contribution is 2.20. The van der Waals surface area contributed by atoms with Crippen LogP contribution < -0.4 is 11.1 Å². The Bertz CT molecular complexity index is 798. The molecule has 3 rings (SSSR count). The van der Waals surface area contributed by atoms with Crippen molar-refractivity contribution >= 4 is 17.3 Å². The highest BCUT2D eigenvalue weighted by atomic mass is 16.1. The number of rotatable bonds is 4. The smallest absolute Gasteiger partial charge is 0.255 e. The minimum atomic E-state index is -0.137. The van der Waals surface area contributed by atoms with Crippen LogP contribution in [0.4, 0.5) is 11.4 Å². The first-order valence-electron chi connectivity index (χ1n) is 7.50. The maximum atomic E-state index is 12.2. The molecule has 23 heavy (non-hydrogen) atoms. The van der Waals surface area contributed by atoms with E-state index in [1.165, 1.54) is 5.56 Å². The summed E-state index contributed by atoms with van der Waals surface area (Å²) < 4.78 is 0. The van der Waals surface area contributed by atoms with Gasteiger partial charge in [-0.3, -0.25) is 4.79 Å². The number of anilines is 2. The molecular weight excluding hydrogens is 284 g/mol. The van der Waals surface area contributed by atoms with Crippen LogP contribution in [-0.2, 0) is 6.42 Å². The van der Waals surface area contributed by atoms with Crippen molar-refractivity contribution in [3.8, 4) is 0 Å². The first-order chi connectivity index (χ1) is 11.2. The molecule has 3 nitrogen and oxygen atoms in total. The van der Waals surface area contributed by atoms with Crippen molar-refractivity contribution in [3.63, 3.8) is 0 Å². The van der Waals surface area contributed by atoms with Crippen molar-refractivity contribution in [2.45, 2.75) is 6.42 Å². The zero-order valence-corrected chi connectivity index (χ0v) is 12.7. The number of amides is 1. The van der Waals surface area contributed by atoms with Crippen molar-refractivity contribution in [2.24, 2.45) is 0 Å². The van der Waals surface area contributed by atoms with Crippen molar-refractivity contribution in [1.29, 1.82) is 0 Å². The summed E-state index contributed by atoms with van der Waals surface area (Å²) in [5.74, 6) is -0.137. The Hall–Kier alpha value is -3.07. The third-order valence-corrected chi connectivity index (χ3v) is 3.56. The Labute approximate surface area is 135 Å². The Morgan fingerprint density at radius 1 is 0.826 bits per heavy atom. The molecule has 3 N–H and O–H groups in total. The van der Waals surface area contributed by atoms with Crippen LogP contribution in [0.25, 0.3) is 0 Å². The van der Waals surface area contributed by atoms with E-state index in [0.717, 1.165) is 12.0 Å². The van der Waals surface area contributed by atoms with Crippen LogP contribution in [0, 0.1) is 0 Å². The number of hydrogen-bond donors (Lipinski definition) is 2. The monoisotopic (exact) mass is 302 g/mol. The largest absolute Gasteiger partial charge is 0.399 e. The minimum Gasteiger partial charge on any atom is -0.399 e. The van der Waals surface area contributed by atoms with E-state index in [0.29, 0.717) is 16.9 Å². The van der Waals surface area contributed by atoms with E-state index in [9.17, 15) is 4.79 Å². The number of benzene rings is 3. The van der Waals surface area contributed by atoms with Gasteiger partial charge in [-0.1, -0.05) is 48.5 Å². The van der Waals surface area contributed by atoms with E-state index in [-0.39, 0.29) is 5.91 Å². The lowest BCUT2D eigenvalue weighted by molar-refractivity contribution is 0.102. The quantitative estimate of drug-likeness (QED) is 0.713. The van der Waals surface area contributed by atoms with Crippen molar-refractivity contribution in [2.75, 3.05) is 11.1 Å². The van der Waals surface area contributed by atoms with Gasteiger partial charge in [-0.25, -0.2) is 0 Å². The molecular formula is C20H18N2O. The van der Waals surface area contributed by atoms with E-state index < -0.39 is 0 Å². The van der Waals surface area contributed by atoms with Crippen molar-refractivity contribution < 1.29 is 4.79 Å². The highest BCUT2D eigenvalue weighted by Gasteiger charge is 2.07. The molecule has 0 saturated heterocycles. The standard InChI is InChI=1S/C20H18N2O/c21-18-12-16(11-15-7-3-1-4-8-15)13-19(14-18)22-20(23)17-9-5-2-6-10-17/h1-10,12-14H,11,21H2,(H,22,23). The molecule has 0 radical (unpaired) electrons. The molecule has 0 aliphatic rings. The summed E-state index contributed by atoms with van der Waals surface area (Å²) in [5.41, 5.74) is 10.2. The maximum absolute atomic E-state index is 12.2. The molecule has 0 unspecified atom stereocenters. The molecule has 0 spiro atoms. The van der Waals surface area contributed by atoms with Gasteiger partial charge in [0.2, 0.25) is 0 Å². The second kappa shape index (κ2) is 6.79. The normalized spacial score (nSPS) is 10.3. The number of nitrogens with one attached hydrogen (secondary N) is 1. The van der Waals surface area contributed by atoms with Crippen LogP contribution in [0.1, 0.15) is 21.5 Å². The summed E-state index contributed by atoms with van der Waals surface area (Å²) in [5, 5.41) is 2.91. The lowest BCUT2D eigenvalue weighted by Crippen LogP contribution is -2.12. The van der Waals surface area contributed by atoms with E-state index in [4.69, 9.17) is 5.73 Å². The summed E-state index contributed by atoms with van der Waals surface area (Å²) in [7, 11) is 0. The number of carbonyl (C=O) groups is 1. The molecule has 0 fully saturated rings. The molecule has 0 aromatic heterocycles. The fraction of sp³-hybridized carbons (Fsp3) is 0.0500. The molecule has 0 saturated carbocycles. The second-order valence-corrected chi connectivity index (χ2v) is 5.45. The average Bonchev–Trinajstić information content (AvgIpc) is 2.56. The molecule has 3 heteroatoms. The van der Waals surface area contributed by atoms with Crippen LogP contribution in [0.15, 0.2) is 78.9 Å². The summed E-state index contributed by atoms with van der Waals surface area (Å²) in [6.07, 6.45) is 0.778. The Morgan fingerprint density at radius 2 is 1.48 bits per heavy atom. The second-order valence-electron chi connectivity index (χ2n) is 5.45. The van der Waals surface area contributed by atoms with Gasteiger partial charge in [0, 0.05) is 16.9 Å². The summed E-state index contributed by atoms with van der Waals surface area (Å²) >= 11 is 0. The number of nitrogen functional groups attached to an aromatic ring is 1. The minimum absolute atomic E-state index is 0.137. The molecule has 114 valence electrons. The average molecular weight is 302 g/mol. The maximum Gasteiger partial charge on any atom is 0.255 e. The fourth-order valence-electron chi connectivity index (χ4n) is 2.52. The highest BCUT2D eigenvalue weighted by molar-refractivity contribution is 6.04. The lowest BCUT2D eigenvalue weighted by atomic mass is 10.0. The summed E-state index contributed by atoms with van der Waals surface area (Å²) in [4.78, 5) is 12.2. The van der Waals surface area contributed by atoms with Crippen molar-refractivity contribution in [1.82, 2.24) is 0 Å². The number of carbonyl (C=O) groups excluding carboxylic acids is 1. The van der Waals surface area contributed by atoms with Crippen molar-refractivity contribution in [3.05, 3.63) is 95.6 Å². The van der Waals surface area contributed by atoms with E-state index in [2.05, 4.69) is 17.4 Å². The molecule has 3 aromatic rings. The number of hydrogen-bond acceptors (Lipinski definition) is 2. The topological polar surface area (TPSA) is 55.1 Å². The predicted molar refractivity (Wildman–Crippen MR) is 94.5 cm³/mol. The van der Waals surface area contributed by atoms with Gasteiger partial charge in [0.25, 0.3) is 5.91 Å². The van der Waals surface area contributed by atoms with Crippen LogP contribution >= 0.6 is 0 Å². The van der Waals surface area contributed by atoms with Gasteiger partial charge >= 0.3 is 0 Å². The van der Waals surface area contributed by atoms with Gasteiger partial charge in [-0.05, 0) is 47.9 Å². The van der Waals surface area contributed by atoms with E-state index >= 15 is 0 Å². The zero-order chi connectivity index (χ0) is 16.1. The molecule has 0 atom stereocenters. The third kappa shape index (κ3) is 3.98. The van der Waals surface area contributed by atoms with Gasteiger partial charge < -0.3 is 11.1 Å². The van der Waals surface area contributed by atoms with Crippen LogP contribution in [-0.4, -0.2) is 5.91 Å². The Kier molecular flexibility index (Phi) is 4.39. The SMILES string of the molecule is Nc1cc(Cc2ccccc2)cc(NC(=O)c2ccccc2)c1. The van der Waals surface area contributed by atoms with E-state index in [1.54, 1.807) is 18.2 Å². The van der Waals surface area contributed by atoms with Gasteiger partial charge in [-0.2, -0.15) is 0 Å². The molecule has 0 aliphatic heterocycles. The van der Waals surface area contributed by atoms with Gasteiger partial charge in [-0.15, -0.1) is 0 Å². The van der Waals surface area contributed by atoms with E-state index in [1.807, 2.05) is 48.5 Å². The third-order valence-electron chi connectivity index (χ3n) is 3.56. The molecule has 0 heterocycles.